The lowest BCUT2D eigenvalue weighted by Crippen LogP contribution is -2.34. The number of aromatic nitrogens is 2. The van der Waals surface area contributed by atoms with Crippen LogP contribution in [0.25, 0.3) is 5.57 Å². The fourth-order valence-corrected chi connectivity index (χ4v) is 2.55. The van der Waals surface area contributed by atoms with Gasteiger partial charge < -0.3 is 20.1 Å². The van der Waals surface area contributed by atoms with Crippen LogP contribution in [0.15, 0.2) is 42.6 Å². The van der Waals surface area contributed by atoms with Crippen LogP contribution < -0.4 is 10.5 Å². The van der Waals surface area contributed by atoms with E-state index >= 15 is 0 Å². The molecule has 0 atom stereocenters. The summed E-state index contributed by atoms with van der Waals surface area (Å²) in [6.07, 6.45) is 5.41. The molecule has 3 rings (SSSR count). The van der Waals surface area contributed by atoms with Crippen molar-refractivity contribution in [3.05, 3.63) is 53.9 Å². The first-order valence-electron chi connectivity index (χ1n) is 7.77. The third-order valence-electron chi connectivity index (χ3n) is 3.76. The van der Waals surface area contributed by atoms with E-state index in [1.807, 2.05) is 35.1 Å². The lowest BCUT2D eigenvalue weighted by atomic mass is 9.90. The minimum Gasteiger partial charge on any atom is -0.470 e. The minimum absolute atomic E-state index is 0.265. The molecule has 1 aromatic heterocycles. The number of nitrogens with zero attached hydrogens (tertiary/aromatic N) is 3. The first-order chi connectivity index (χ1) is 11.8. The molecule has 7 heteroatoms. The summed E-state index contributed by atoms with van der Waals surface area (Å²) in [5.74, 6) is 0.594. The van der Waals surface area contributed by atoms with Gasteiger partial charge >= 0.3 is 0 Å². The van der Waals surface area contributed by atoms with Crippen molar-refractivity contribution < 1.29 is 9.53 Å². The minimum atomic E-state index is 0.265. The first-order valence-corrected chi connectivity index (χ1v) is 7.77. The summed E-state index contributed by atoms with van der Waals surface area (Å²) in [5, 5.41) is 0. The number of hydrogen-bond donors (Lipinski definition) is 1. The number of carbonyl (C=O) groups excluding carboxylic acids is 1. The topological polar surface area (TPSA) is 81.3 Å². The van der Waals surface area contributed by atoms with Crippen LogP contribution in [-0.2, 0) is 11.4 Å². The molecule has 1 aromatic carbocycles. The number of ether oxygens (including phenoxy) is 1. The van der Waals surface area contributed by atoms with Crippen LogP contribution in [0.2, 0.25) is 0 Å². The van der Waals surface area contributed by atoms with E-state index in [9.17, 15) is 4.79 Å². The van der Waals surface area contributed by atoms with E-state index in [2.05, 4.69) is 16.0 Å². The van der Waals surface area contributed by atoms with Gasteiger partial charge in [0, 0.05) is 6.54 Å². The van der Waals surface area contributed by atoms with Crippen molar-refractivity contribution in [2.24, 2.45) is 0 Å². The number of benzene rings is 1. The summed E-state index contributed by atoms with van der Waals surface area (Å²) in [7, 11) is 1.54. The molecule has 6 nitrogen and oxygen atoms in total. The zero-order valence-electron chi connectivity index (χ0n) is 13.3. The van der Waals surface area contributed by atoms with Gasteiger partial charge in [-0.15, -0.1) is 0 Å². The highest BCUT2D eigenvalue weighted by atomic mass is 16.5. The summed E-state index contributed by atoms with van der Waals surface area (Å²) < 4.78 is 5.64. The fraction of sp³-hybridized carbons (Fsp3) is 0.235. The van der Waals surface area contributed by atoms with E-state index in [1.165, 1.54) is 0 Å². The second-order valence-electron chi connectivity index (χ2n) is 5.49. The van der Waals surface area contributed by atoms with E-state index in [1.54, 1.807) is 13.6 Å². The molecule has 2 heterocycles. The zero-order valence-corrected chi connectivity index (χ0v) is 13.3. The lowest BCUT2D eigenvalue weighted by molar-refractivity contribution is 0.294. The van der Waals surface area contributed by atoms with Crippen LogP contribution in [0.1, 0.15) is 17.7 Å². The van der Waals surface area contributed by atoms with Crippen LogP contribution in [0, 0.1) is 0 Å². The summed E-state index contributed by atoms with van der Waals surface area (Å²) in [4.78, 5) is 21.3. The van der Waals surface area contributed by atoms with Gasteiger partial charge in [0.1, 0.15) is 6.61 Å². The third-order valence-corrected chi connectivity index (χ3v) is 3.76. The van der Waals surface area contributed by atoms with Gasteiger partial charge in [-0.2, -0.15) is 0 Å². The molecule has 0 unspecified atom stereocenters. The Hall–Kier alpha value is -2.67. The average Bonchev–Trinajstić information content (AvgIpc) is 2.62. The van der Waals surface area contributed by atoms with Crippen LogP contribution in [-0.4, -0.2) is 41.5 Å². The summed E-state index contributed by atoms with van der Waals surface area (Å²) in [6, 6.07) is 9.81. The number of hydrogen-bond acceptors (Lipinski definition) is 6. The van der Waals surface area contributed by atoms with Crippen LogP contribution in [0.4, 0.5) is 5.82 Å². The number of nitrogen functional groups attached to an aromatic ring is 1. The van der Waals surface area contributed by atoms with Gasteiger partial charge in [-0.05, 0) is 24.1 Å². The maximum atomic E-state index is 10.6. The lowest BCUT2D eigenvalue weighted by Gasteiger charge is -2.24. The predicted octanol–water partition coefficient (Wildman–Crippen LogP) is 1.54. The molecule has 0 bridgehead atoms. The highest BCUT2D eigenvalue weighted by molar-refractivity contribution is 6.64. The molecule has 1 radical (unpaired) electrons. The third kappa shape index (κ3) is 4.00. The molecule has 0 saturated heterocycles. The highest BCUT2D eigenvalue weighted by Gasteiger charge is 2.16. The molecule has 0 spiro atoms. The summed E-state index contributed by atoms with van der Waals surface area (Å²) >= 11 is 0. The Bertz CT molecular complexity index is 737. The second kappa shape index (κ2) is 7.74. The predicted molar refractivity (Wildman–Crippen MR) is 93.9 cm³/mol. The largest absolute Gasteiger partial charge is 0.470 e. The van der Waals surface area contributed by atoms with Gasteiger partial charge in [0.25, 0.3) is 13.3 Å². The summed E-state index contributed by atoms with van der Waals surface area (Å²) in [6.45, 7) is 1.84. The van der Waals surface area contributed by atoms with Gasteiger partial charge in [0.2, 0.25) is 0 Å². The molecule has 1 aliphatic heterocycles. The van der Waals surface area contributed by atoms with E-state index in [-0.39, 0.29) is 5.82 Å². The Morgan fingerprint density at radius 3 is 2.92 bits per heavy atom. The number of carbonyl (C=O) groups is 1. The van der Waals surface area contributed by atoms with E-state index in [0.29, 0.717) is 24.7 Å². The quantitative estimate of drug-likeness (QED) is 0.642. The fourth-order valence-electron chi connectivity index (χ4n) is 2.55. The molecule has 2 aromatic rings. The normalized spacial score (nSPS) is 14.8. The van der Waals surface area contributed by atoms with Gasteiger partial charge in [-0.25, -0.2) is 9.97 Å². The monoisotopic (exact) mass is 321 g/mol. The van der Waals surface area contributed by atoms with Crippen LogP contribution in [0.5, 0.6) is 5.88 Å². The van der Waals surface area contributed by atoms with Crippen LogP contribution in [0.3, 0.4) is 0 Å². The molecule has 121 valence electrons. The van der Waals surface area contributed by atoms with E-state index < -0.39 is 0 Å². The van der Waals surface area contributed by atoms with Crippen molar-refractivity contribution >= 4 is 25.0 Å². The van der Waals surface area contributed by atoms with E-state index in [0.717, 1.165) is 30.3 Å². The van der Waals surface area contributed by atoms with E-state index in [4.69, 9.17) is 10.5 Å². The number of nitrogens with two attached hydrogens (primary N) is 1. The maximum absolute atomic E-state index is 10.6. The number of rotatable bonds is 6. The maximum Gasteiger partial charge on any atom is 0.293 e. The van der Waals surface area contributed by atoms with Crippen molar-refractivity contribution in [1.29, 1.82) is 0 Å². The molecule has 0 aliphatic carbocycles. The van der Waals surface area contributed by atoms with Gasteiger partial charge in [-0.3, -0.25) is 0 Å². The molecule has 0 amide bonds. The Kier molecular flexibility index (Phi) is 5.23. The Morgan fingerprint density at radius 1 is 1.33 bits per heavy atom. The molecule has 2 N–H and O–H groups in total. The van der Waals surface area contributed by atoms with Crippen LogP contribution >= 0.6 is 0 Å². The molecule has 0 fully saturated rings. The molecule has 24 heavy (non-hydrogen) atoms. The molecule has 1 aliphatic rings. The zero-order chi connectivity index (χ0) is 16.8. The van der Waals surface area contributed by atoms with Gasteiger partial charge in [-0.1, -0.05) is 36.4 Å². The van der Waals surface area contributed by atoms with Crippen molar-refractivity contribution in [1.82, 2.24) is 14.8 Å². The Labute approximate surface area is 141 Å². The van der Waals surface area contributed by atoms with Crippen molar-refractivity contribution in [2.45, 2.75) is 13.0 Å². The Balaban J connectivity index is 1.68. The Morgan fingerprint density at radius 2 is 2.17 bits per heavy atom. The molecular weight excluding hydrogens is 303 g/mol. The van der Waals surface area contributed by atoms with Crippen molar-refractivity contribution in [2.75, 3.05) is 18.8 Å². The SMILES string of the molecule is Nc1nc(C2=CCCN([B]C=O)C2)cnc1OCc1ccccc1. The first kappa shape index (κ1) is 16.2. The number of anilines is 1. The molecular formula is C17H18BN4O2. The van der Waals surface area contributed by atoms with Gasteiger partial charge in [0.15, 0.2) is 5.82 Å². The second-order valence-corrected chi connectivity index (χ2v) is 5.49. The van der Waals surface area contributed by atoms with Crippen molar-refractivity contribution in [3.63, 3.8) is 0 Å². The highest BCUT2D eigenvalue weighted by Crippen LogP contribution is 2.23. The standard InChI is InChI=1S/C17H18BN4O2/c19-16-17(24-11-13-5-2-1-3-6-13)20-9-15(21-16)14-7-4-8-22(10-14)18-12-23/h1-3,5-7,9,12H,4,8,10-11H2,(H2,19,21). The summed E-state index contributed by atoms with van der Waals surface area (Å²) in [5.41, 5.74) is 8.74. The average molecular weight is 321 g/mol. The van der Waals surface area contributed by atoms with Gasteiger partial charge in [0.05, 0.1) is 18.1 Å². The smallest absolute Gasteiger partial charge is 0.293 e. The van der Waals surface area contributed by atoms with Crippen molar-refractivity contribution in [3.8, 4) is 5.88 Å². The molecule has 0 saturated carbocycles.